The number of pyridine rings is 1. The van der Waals surface area contributed by atoms with Gasteiger partial charge in [-0.15, -0.1) is 0 Å². The highest BCUT2D eigenvalue weighted by Crippen LogP contribution is 2.37. The fourth-order valence-corrected chi connectivity index (χ4v) is 5.14. The largest absolute Gasteiger partial charge is 0.446 e. The molecule has 2 aromatic carbocycles. The summed E-state index contributed by atoms with van der Waals surface area (Å²) in [6.07, 6.45) is 1.50. The van der Waals surface area contributed by atoms with E-state index in [9.17, 15) is 27.6 Å². The van der Waals surface area contributed by atoms with Gasteiger partial charge in [0.15, 0.2) is 0 Å². The third kappa shape index (κ3) is 6.17. The van der Waals surface area contributed by atoms with E-state index in [2.05, 4.69) is 9.88 Å². The number of urea groups is 1. The molecule has 0 N–H and O–H groups in total. The number of aromatic nitrogens is 1. The number of anilines is 2. The van der Waals surface area contributed by atoms with E-state index >= 15 is 0 Å². The molecule has 8 nitrogen and oxygen atoms in total. The molecule has 0 saturated carbocycles. The molecule has 3 aromatic rings. The molecular weight excluding hydrogens is 531 g/mol. The monoisotopic (exact) mass is 555 g/mol. The number of piperazine rings is 1. The Morgan fingerprint density at radius 1 is 0.897 bits per heavy atom. The van der Waals surface area contributed by atoms with Gasteiger partial charge in [-0.25, -0.2) is 9.69 Å². The van der Waals surface area contributed by atoms with E-state index < -0.39 is 17.4 Å². The van der Waals surface area contributed by atoms with Gasteiger partial charge >= 0.3 is 11.5 Å². The zero-order valence-corrected chi connectivity index (χ0v) is 21.5. The van der Waals surface area contributed by atoms with Crippen molar-refractivity contribution in [2.45, 2.75) is 16.9 Å². The van der Waals surface area contributed by atoms with Gasteiger partial charge in [0.2, 0.25) is 0 Å². The average molecular weight is 556 g/mol. The van der Waals surface area contributed by atoms with Crippen LogP contribution in [0.3, 0.4) is 0 Å². The molecule has 39 heavy (non-hydrogen) atoms. The topological polar surface area (TPSA) is 77.1 Å². The Hall–Kier alpha value is -4.06. The van der Waals surface area contributed by atoms with E-state index in [1.54, 1.807) is 17.0 Å². The van der Waals surface area contributed by atoms with Crippen LogP contribution in [0.15, 0.2) is 77.8 Å². The Bertz CT molecular complexity index is 1360. The lowest BCUT2D eigenvalue weighted by atomic mass is 10.2. The SMILES string of the molecule is O=C(c1cc(CN2CC(=O)N(c3ccc(SC(F)(F)F)cc3)C2=O)ccn1)N1CCN(c2ccccc2)CC1. The lowest BCUT2D eigenvalue weighted by molar-refractivity contribution is -0.116. The summed E-state index contributed by atoms with van der Waals surface area (Å²) in [5.41, 5.74) is -2.23. The van der Waals surface area contributed by atoms with Crippen molar-refractivity contribution in [2.75, 3.05) is 42.5 Å². The zero-order chi connectivity index (χ0) is 27.6. The third-order valence-corrected chi connectivity index (χ3v) is 7.21. The number of benzene rings is 2. The van der Waals surface area contributed by atoms with Crippen LogP contribution >= 0.6 is 11.8 Å². The first kappa shape index (κ1) is 26.5. The minimum absolute atomic E-state index is 0.0438. The van der Waals surface area contributed by atoms with Crippen LogP contribution in [0.1, 0.15) is 16.1 Å². The first-order valence-electron chi connectivity index (χ1n) is 12.2. The van der Waals surface area contributed by atoms with Gasteiger partial charge in [-0.1, -0.05) is 18.2 Å². The van der Waals surface area contributed by atoms with Gasteiger partial charge < -0.3 is 14.7 Å². The second kappa shape index (κ2) is 11.0. The summed E-state index contributed by atoms with van der Waals surface area (Å²) in [7, 11) is 0. The molecule has 12 heteroatoms. The highest BCUT2D eigenvalue weighted by molar-refractivity contribution is 8.00. The first-order chi connectivity index (χ1) is 18.7. The molecule has 2 aliphatic heterocycles. The van der Waals surface area contributed by atoms with Crippen molar-refractivity contribution >= 4 is 41.0 Å². The molecule has 4 amide bonds. The molecule has 5 rings (SSSR count). The second-order valence-corrected chi connectivity index (χ2v) is 10.2. The molecular formula is C27H24F3N5O3S. The van der Waals surface area contributed by atoms with Gasteiger partial charge in [-0.3, -0.25) is 14.6 Å². The lowest BCUT2D eigenvalue weighted by Crippen LogP contribution is -2.49. The van der Waals surface area contributed by atoms with Gasteiger partial charge in [0.05, 0.1) is 5.69 Å². The second-order valence-electron chi connectivity index (χ2n) is 9.07. The molecule has 0 atom stereocenters. The predicted molar refractivity (Wildman–Crippen MR) is 140 cm³/mol. The molecule has 1 aromatic heterocycles. The molecule has 3 heterocycles. The van der Waals surface area contributed by atoms with E-state index in [-0.39, 0.29) is 47.0 Å². The maximum Gasteiger partial charge on any atom is 0.446 e. The quantitative estimate of drug-likeness (QED) is 0.326. The van der Waals surface area contributed by atoms with Crippen LogP contribution in [-0.2, 0) is 11.3 Å². The van der Waals surface area contributed by atoms with Crippen LogP contribution in [0.25, 0.3) is 0 Å². The van der Waals surface area contributed by atoms with Gasteiger partial charge in [0.25, 0.3) is 11.8 Å². The number of nitrogens with zero attached hydrogens (tertiary/aromatic N) is 5. The van der Waals surface area contributed by atoms with Crippen LogP contribution < -0.4 is 9.80 Å². The van der Waals surface area contributed by atoms with Gasteiger partial charge in [-0.2, -0.15) is 13.2 Å². The van der Waals surface area contributed by atoms with E-state index in [0.29, 0.717) is 31.7 Å². The summed E-state index contributed by atoms with van der Waals surface area (Å²) in [6, 6.07) is 17.8. The molecule has 0 radical (unpaired) electrons. The lowest BCUT2D eigenvalue weighted by Gasteiger charge is -2.36. The van der Waals surface area contributed by atoms with Crippen LogP contribution in [0.4, 0.5) is 29.3 Å². The van der Waals surface area contributed by atoms with Crippen LogP contribution in [0, 0.1) is 0 Å². The van der Waals surface area contributed by atoms with Crippen molar-refractivity contribution in [1.82, 2.24) is 14.8 Å². The molecule has 0 unspecified atom stereocenters. The number of halogens is 3. The number of rotatable bonds is 6. The van der Waals surface area contributed by atoms with E-state index in [1.165, 1.54) is 35.4 Å². The number of amides is 4. The molecule has 2 fully saturated rings. The molecule has 0 bridgehead atoms. The smallest absolute Gasteiger partial charge is 0.368 e. The number of alkyl halides is 3. The highest BCUT2D eigenvalue weighted by atomic mass is 32.2. The molecule has 0 spiro atoms. The summed E-state index contributed by atoms with van der Waals surface area (Å²) in [5.74, 6) is -0.690. The summed E-state index contributed by atoms with van der Waals surface area (Å²) < 4.78 is 37.8. The Kier molecular flexibility index (Phi) is 7.47. The van der Waals surface area contributed by atoms with Crippen molar-refractivity contribution in [3.8, 4) is 0 Å². The number of carbonyl (C=O) groups is 3. The van der Waals surface area contributed by atoms with Gasteiger partial charge in [-0.05, 0) is 65.9 Å². The highest BCUT2D eigenvalue weighted by Gasteiger charge is 2.37. The summed E-state index contributed by atoms with van der Waals surface area (Å²) in [5, 5.41) is 0. The molecule has 0 aliphatic carbocycles. The van der Waals surface area contributed by atoms with Crippen LogP contribution in [0.5, 0.6) is 0 Å². The summed E-state index contributed by atoms with van der Waals surface area (Å²) in [6.45, 7) is 2.39. The van der Waals surface area contributed by atoms with Crippen molar-refractivity contribution in [2.24, 2.45) is 0 Å². The standard InChI is InChI=1S/C27H24F3N5O3S/c28-27(29,30)39-22-8-6-21(7-9-22)35-24(36)18-34(26(35)38)17-19-10-11-31-23(16-19)25(37)33-14-12-32(13-15-33)20-4-2-1-3-5-20/h1-11,16H,12-15,17-18H2. The summed E-state index contributed by atoms with van der Waals surface area (Å²) >= 11 is -0.269. The van der Waals surface area contributed by atoms with Gasteiger partial charge in [0, 0.05) is 49.5 Å². The third-order valence-electron chi connectivity index (χ3n) is 6.47. The number of imide groups is 1. The van der Waals surface area contributed by atoms with Crippen molar-refractivity contribution in [1.29, 1.82) is 0 Å². The van der Waals surface area contributed by atoms with Gasteiger partial charge in [0.1, 0.15) is 12.2 Å². The van der Waals surface area contributed by atoms with Crippen LogP contribution in [0.2, 0.25) is 0 Å². The Labute approximate surface area is 227 Å². The molecule has 2 aliphatic rings. The van der Waals surface area contributed by atoms with Crippen molar-refractivity contribution in [3.63, 3.8) is 0 Å². The van der Waals surface area contributed by atoms with Crippen molar-refractivity contribution in [3.05, 3.63) is 84.2 Å². The Balaban J connectivity index is 1.21. The maximum atomic E-state index is 13.1. The molecule has 202 valence electrons. The molecule has 2 saturated heterocycles. The maximum absolute atomic E-state index is 13.1. The first-order valence-corrected chi connectivity index (χ1v) is 13.0. The summed E-state index contributed by atoms with van der Waals surface area (Å²) in [4.78, 5) is 49.2. The number of carbonyl (C=O) groups excluding carboxylic acids is 3. The zero-order valence-electron chi connectivity index (χ0n) is 20.7. The van der Waals surface area contributed by atoms with Crippen molar-refractivity contribution < 1.29 is 27.6 Å². The minimum atomic E-state index is -4.43. The number of thioether (sulfide) groups is 1. The van der Waals surface area contributed by atoms with E-state index in [1.807, 2.05) is 30.3 Å². The Morgan fingerprint density at radius 2 is 1.59 bits per heavy atom. The van der Waals surface area contributed by atoms with E-state index in [0.717, 1.165) is 10.6 Å². The number of para-hydroxylation sites is 1. The Morgan fingerprint density at radius 3 is 2.26 bits per heavy atom. The van der Waals surface area contributed by atoms with E-state index in [4.69, 9.17) is 0 Å². The normalized spacial score (nSPS) is 16.3. The predicted octanol–water partition coefficient (Wildman–Crippen LogP) is 4.62. The van der Waals surface area contributed by atoms with Crippen LogP contribution in [-0.4, -0.2) is 70.9 Å². The fraction of sp³-hybridized carbons (Fsp3) is 0.259. The average Bonchev–Trinajstić information content (AvgIpc) is 3.20. The fourth-order valence-electron chi connectivity index (χ4n) is 4.60. The minimum Gasteiger partial charge on any atom is -0.368 e. The number of hydrogen-bond donors (Lipinski definition) is 0. The number of hydrogen-bond acceptors (Lipinski definition) is 6.